The molecule has 0 unspecified atom stereocenters. The Morgan fingerprint density at radius 1 is 1.23 bits per heavy atom. The van der Waals surface area contributed by atoms with Gasteiger partial charge in [0, 0.05) is 43.8 Å². The molecule has 8 nitrogen and oxygen atoms in total. The summed E-state index contributed by atoms with van der Waals surface area (Å²) in [7, 11) is -0.756. The molecule has 3 aromatic rings. The maximum absolute atomic E-state index is 14.8. The average Bonchev–Trinajstić information content (AvgIpc) is 3.27. The van der Waals surface area contributed by atoms with Crippen molar-refractivity contribution in [3.8, 4) is 5.75 Å². The number of anilines is 4. The van der Waals surface area contributed by atoms with E-state index in [4.69, 9.17) is 11.6 Å². The SMILES string of the molecule is CNCCN(C)c1cc(OC(F)F)ccc1Nc1cc(F)c(S(=O)(=O)Nc2nccs2)cc1Cl.Cl. The maximum atomic E-state index is 14.8. The van der Waals surface area contributed by atoms with Crippen LogP contribution in [0.3, 0.4) is 0 Å². The Labute approximate surface area is 215 Å². The Hall–Kier alpha value is -2.45. The van der Waals surface area contributed by atoms with Crippen molar-refractivity contribution < 1.29 is 26.3 Å². The number of thiazole rings is 1. The molecule has 15 heteroatoms. The van der Waals surface area contributed by atoms with Crippen molar-refractivity contribution in [3.63, 3.8) is 0 Å². The Kier molecular flexibility index (Phi) is 10.3. The van der Waals surface area contributed by atoms with Crippen molar-refractivity contribution in [2.75, 3.05) is 42.1 Å². The van der Waals surface area contributed by atoms with Crippen LogP contribution in [0.1, 0.15) is 0 Å². The number of rotatable bonds is 11. The van der Waals surface area contributed by atoms with Crippen LogP contribution >= 0.6 is 35.3 Å². The molecule has 0 aliphatic carbocycles. The normalized spacial score (nSPS) is 11.2. The number of ether oxygens (including phenoxy) is 1. The molecule has 35 heavy (non-hydrogen) atoms. The van der Waals surface area contributed by atoms with Crippen LogP contribution in [0.5, 0.6) is 5.75 Å². The second kappa shape index (κ2) is 12.5. The zero-order valence-electron chi connectivity index (χ0n) is 18.4. The van der Waals surface area contributed by atoms with Crippen LogP contribution in [0.15, 0.2) is 46.8 Å². The molecule has 0 aliphatic rings. The minimum absolute atomic E-state index is 0. The van der Waals surface area contributed by atoms with Gasteiger partial charge in [-0.15, -0.1) is 23.7 Å². The lowest BCUT2D eigenvalue weighted by molar-refractivity contribution is -0.0498. The van der Waals surface area contributed by atoms with Gasteiger partial charge >= 0.3 is 6.61 Å². The van der Waals surface area contributed by atoms with Crippen LogP contribution in [0.2, 0.25) is 5.02 Å². The predicted octanol–water partition coefficient (Wildman–Crippen LogP) is 5.16. The fourth-order valence-electron chi connectivity index (χ4n) is 2.93. The number of aromatic nitrogens is 1. The van der Waals surface area contributed by atoms with Gasteiger partial charge in [0.25, 0.3) is 10.0 Å². The standard InChI is InChI=1S/C20H21ClF3N5O3S2.ClH/c1-25-5-7-29(2)17-9-12(32-19(23)24)3-4-15(17)27-16-11-14(22)18(10-13(16)21)34(30,31)28-20-26-6-8-33-20;/h3-4,6,8-11,19,25,27H,5,7H2,1-2H3,(H,26,28);1H. The molecule has 0 spiro atoms. The Bertz CT molecular complexity index is 1230. The smallest absolute Gasteiger partial charge is 0.387 e. The third-order valence-corrected chi connectivity index (χ3v) is 7.02. The quantitative estimate of drug-likeness (QED) is 0.292. The van der Waals surface area contributed by atoms with Gasteiger partial charge in [0.15, 0.2) is 5.13 Å². The summed E-state index contributed by atoms with van der Waals surface area (Å²) in [5.74, 6) is -1.10. The number of nitrogens with zero attached hydrogens (tertiary/aromatic N) is 2. The molecule has 0 saturated heterocycles. The van der Waals surface area contributed by atoms with Crippen molar-refractivity contribution in [1.82, 2.24) is 10.3 Å². The van der Waals surface area contributed by atoms with Crippen LogP contribution in [0.25, 0.3) is 0 Å². The first-order valence-electron chi connectivity index (χ1n) is 9.73. The largest absolute Gasteiger partial charge is 0.435 e. The van der Waals surface area contributed by atoms with Crippen LogP contribution in [-0.2, 0) is 10.0 Å². The van der Waals surface area contributed by atoms with Crippen LogP contribution in [0.4, 0.5) is 35.4 Å². The fourth-order valence-corrected chi connectivity index (χ4v) is 5.08. The minimum Gasteiger partial charge on any atom is -0.435 e. The fraction of sp³-hybridized carbons (Fsp3) is 0.250. The summed E-state index contributed by atoms with van der Waals surface area (Å²) >= 11 is 7.31. The highest BCUT2D eigenvalue weighted by molar-refractivity contribution is 7.93. The zero-order chi connectivity index (χ0) is 24.9. The Morgan fingerprint density at radius 3 is 2.60 bits per heavy atom. The van der Waals surface area contributed by atoms with E-state index in [0.717, 1.165) is 23.5 Å². The second-order valence-electron chi connectivity index (χ2n) is 6.91. The number of sulfonamides is 1. The number of nitrogens with one attached hydrogen (secondary N) is 3. The molecule has 0 atom stereocenters. The van der Waals surface area contributed by atoms with Crippen LogP contribution < -0.4 is 25.0 Å². The first-order chi connectivity index (χ1) is 16.1. The second-order valence-corrected chi connectivity index (χ2v) is 9.87. The van der Waals surface area contributed by atoms with Gasteiger partial charge in [-0.2, -0.15) is 8.78 Å². The van der Waals surface area contributed by atoms with Crippen molar-refractivity contribution in [1.29, 1.82) is 0 Å². The number of halogens is 5. The van der Waals surface area contributed by atoms with Crippen LogP contribution in [-0.4, -0.2) is 47.2 Å². The number of hydrogen-bond donors (Lipinski definition) is 3. The predicted molar refractivity (Wildman–Crippen MR) is 135 cm³/mol. The molecule has 1 heterocycles. The summed E-state index contributed by atoms with van der Waals surface area (Å²) < 4.78 is 72.0. The Balaban J connectivity index is 0.00000432. The van der Waals surface area contributed by atoms with Gasteiger partial charge in [-0.3, -0.25) is 4.72 Å². The van der Waals surface area contributed by atoms with Crippen LogP contribution in [0, 0.1) is 5.82 Å². The monoisotopic (exact) mass is 571 g/mol. The molecule has 192 valence electrons. The lowest BCUT2D eigenvalue weighted by Crippen LogP contribution is -2.27. The highest BCUT2D eigenvalue weighted by Crippen LogP contribution is 2.36. The number of alkyl halides is 2. The molecule has 0 fully saturated rings. The van der Waals surface area contributed by atoms with Gasteiger partial charge in [-0.25, -0.2) is 17.8 Å². The lowest BCUT2D eigenvalue weighted by Gasteiger charge is -2.24. The lowest BCUT2D eigenvalue weighted by atomic mass is 10.2. The molecular formula is C20H22Cl2F3N5O3S2. The van der Waals surface area contributed by atoms with Gasteiger partial charge < -0.3 is 20.3 Å². The number of hydrogen-bond acceptors (Lipinski definition) is 8. The molecule has 3 N–H and O–H groups in total. The summed E-state index contributed by atoms with van der Waals surface area (Å²) in [5, 5.41) is 7.50. The van der Waals surface area contributed by atoms with Crippen molar-refractivity contribution in [2.24, 2.45) is 0 Å². The van der Waals surface area contributed by atoms with E-state index in [9.17, 15) is 21.6 Å². The first-order valence-corrected chi connectivity index (χ1v) is 12.5. The summed E-state index contributed by atoms with van der Waals surface area (Å²) in [6, 6.07) is 6.13. The minimum atomic E-state index is -4.27. The highest BCUT2D eigenvalue weighted by atomic mass is 35.5. The molecule has 0 amide bonds. The molecule has 1 aromatic heterocycles. The Morgan fingerprint density at radius 2 is 1.97 bits per heavy atom. The number of benzene rings is 2. The topological polar surface area (TPSA) is 95.6 Å². The molecule has 2 aromatic carbocycles. The van der Waals surface area contributed by atoms with Gasteiger partial charge in [-0.05, 0) is 25.2 Å². The first kappa shape index (κ1) is 28.8. The van der Waals surface area contributed by atoms with E-state index in [1.807, 2.05) is 0 Å². The molecule has 3 rings (SSSR count). The van der Waals surface area contributed by atoms with Crippen molar-refractivity contribution in [2.45, 2.75) is 11.5 Å². The van der Waals surface area contributed by atoms with Gasteiger partial charge in [0.2, 0.25) is 0 Å². The summed E-state index contributed by atoms with van der Waals surface area (Å²) in [6.07, 6.45) is 1.40. The maximum Gasteiger partial charge on any atom is 0.387 e. The van der Waals surface area contributed by atoms with E-state index < -0.39 is 27.3 Å². The average molecular weight is 572 g/mol. The van der Waals surface area contributed by atoms with Crippen molar-refractivity contribution >= 4 is 67.6 Å². The summed E-state index contributed by atoms with van der Waals surface area (Å²) in [4.78, 5) is 4.95. The zero-order valence-corrected chi connectivity index (χ0v) is 21.6. The van der Waals surface area contributed by atoms with E-state index >= 15 is 0 Å². The van der Waals surface area contributed by atoms with Crippen molar-refractivity contribution in [3.05, 3.63) is 52.7 Å². The van der Waals surface area contributed by atoms with E-state index in [2.05, 4.69) is 25.1 Å². The molecule has 0 bridgehead atoms. The van der Waals surface area contributed by atoms with E-state index in [1.54, 1.807) is 24.4 Å². The summed E-state index contributed by atoms with van der Waals surface area (Å²) in [5.41, 5.74) is 0.975. The van der Waals surface area contributed by atoms with Gasteiger partial charge in [-0.1, -0.05) is 11.6 Å². The van der Waals surface area contributed by atoms with E-state index in [0.29, 0.717) is 24.5 Å². The molecular weight excluding hydrogens is 550 g/mol. The van der Waals surface area contributed by atoms with E-state index in [-0.39, 0.29) is 34.0 Å². The van der Waals surface area contributed by atoms with E-state index in [1.165, 1.54) is 24.4 Å². The summed E-state index contributed by atoms with van der Waals surface area (Å²) in [6.45, 7) is -1.88. The third-order valence-electron chi connectivity index (χ3n) is 4.54. The van der Waals surface area contributed by atoms with Gasteiger partial charge in [0.1, 0.15) is 16.5 Å². The third kappa shape index (κ3) is 7.51. The van der Waals surface area contributed by atoms with Gasteiger partial charge in [0.05, 0.1) is 22.1 Å². The molecule has 0 saturated carbocycles. The highest BCUT2D eigenvalue weighted by Gasteiger charge is 2.23. The molecule has 0 aliphatic heterocycles. The number of likely N-dealkylation sites (N-methyl/N-ethyl adjacent to an activating group) is 2. The molecule has 0 radical (unpaired) electrons.